The van der Waals surface area contributed by atoms with E-state index in [-0.39, 0.29) is 1.43 Å². The van der Waals surface area contributed by atoms with Crippen LogP contribution in [-0.2, 0) is 0 Å². The molecule has 0 unspecified atom stereocenters. The summed E-state index contributed by atoms with van der Waals surface area (Å²) in [7, 11) is 0. The number of anilines is 1. The molecule has 16 heavy (non-hydrogen) atoms. The van der Waals surface area contributed by atoms with Gasteiger partial charge in [-0.3, -0.25) is 0 Å². The van der Waals surface area contributed by atoms with Crippen molar-refractivity contribution in [1.82, 2.24) is 4.98 Å². The summed E-state index contributed by atoms with van der Waals surface area (Å²) in [6.45, 7) is 2.31. The van der Waals surface area contributed by atoms with Crippen LogP contribution in [0.1, 0.15) is 20.7 Å². The maximum atomic E-state index is 4.56. The topological polar surface area (TPSA) is 16.1 Å². The summed E-state index contributed by atoms with van der Waals surface area (Å²) in [5, 5.41) is 2.57. The lowest BCUT2D eigenvalue weighted by molar-refractivity contribution is 0.575. The van der Waals surface area contributed by atoms with Gasteiger partial charge in [-0.05, 0) is 30.7 Å². The summed E-state index contributed by atoms with van der Waals surface area (Å²) in [5.74, 6) is 1.16. The fraction of sp³-hybridized carbons (Fsp3) is 0.357. The number of nitrogens with zero attached hydrogens (tertiary/aromatic N) is 2. The van der Waals surface area contributed by atoms with Crippen LogP contribution in [0.5, 0.6) is 0 Å². The molecule has 1 aliphatic heterocycles. The zero-order chi connectivity index (χ0) is 10.8. The Morgan fingerprint density at radius 2 is 1.81 bits per heavy atom. The fourth-order valence-electron chi connectivity index (χ4n) is 2.46. The van der Waals surface area contributed by atoms with Crippen molar-refractivity contribution in [2.24, 2.45) is 0 Å². The van der Waals surface area contributed by atoms with Gasteiger partial charge in [-0.25, -0.2) is 4.98 Å². The van der Waals surface area contributed by atoms with Gasteiger partial charge in [-0.2, -0.15) is 0 Å². The molecule has 1 fully saturated rings. The first kappa shape index (κ1) is 9.64. The number of rotatable bonds is 1. The number of benzene rings is 1. The number of hydrogen-bond donors (Lipinski definition) is 0. The number of hydrogen-bond acceptors (Lipinski definition) is 2. The molecule has 1 aromatic heterocycles. The van der Waals surface area contributed by atoms with Gasteiger partial charge in [-0.15, -0.1) is 0 Å². The van der Waals surface area contributed by atoms with Gasteiger partial charge in [0.15, 0.2) is 0 Å². The second-order valence-corrected chi connectivity index (χ2v) is 4.40. The van der Waals surface area contributed by atoms with Crippen molar-refractivity contribution in [3.63, 3.8) is 0 Å². The molecule has 2 heterocycles. The van der Waals surface area contributed by atoms with Crippen molar-refractivity contribution in [2.45, 2.75) is 19.3 Å². The number of piperidine rings is 1. The Balaban J connectivity index is 0.00000108. The molecule has 2 heteroatoms. The summed E-state index contributed by atoms with van der Waals surface area (Å²) in [6.07, 6.45) is 5.88. The smallest absolute Gasteiger partial charge is 0.356 e. The van der Waals surface area contributed by atoms with E-state index in [4.69, 9.17) is 0 Å². The molecule has 0 spiro atoms. The highest BCUT2D eigenvalue weighted by molar-refractivity contribution is 5.92. The molecule has 82 valence electrons. The first-order chi connectivity index (χ1) is 7.95. The Kier molecular flexibility index (Phi) is 2.49. The highest BCUT2D eigenvalue weighted by Gasteiger charge is 2.13. The van der Waals surface area contributed by atoms with Crippen LogP contribution in [-0.4, -0.2) is 18.1 Å². The van der Waals surface area contributed by atoms with E-state index in [9.17, 15) is 0 Å². The molecule has 2 nitrogen and oxygen atoms in total. The molecule has 3 rings (SSSR count). The fourth-order valence-corrected chi connectivity index (χ4v) is 2.46. The van der Waals surface area contributed by atoms with Crippen molar-refractivity contribution < 1.29 is 1.43 Å². The van der Waals surface area contributed by atoms with Crippen molar-refractivity contribution >= 4 is 16.6 Å². The van der Waals surface area contributed by atoms with Gasteiger partial charge < -0.3 is 4.90 Å². The van der Waals surface area contributed by atoms with Gasteiger partial charge >= 0.3 is 1.43 Å². The van der Waals surface area contributed by atoms with Crippen LogP contribution in [0, 0.1) is 0 Å². The minimum Gasteiger partial charge on any atom is -0.356 e. The van der Waals surface area contributed by atoms with Crippen LogP contribution >= 0.6 is 0 Å². The van der Waals surface area contributed by atoms with Crippen LogP contribution in [0.3, 0.4) is 0 Å². The molecular formula is C14H17N2+. The van der Waals surface area contributed by atoms with Gasteiger partial charge in [0.25, 0.3) is 0 Å². The monoisotopic (exact) mass is 213 g/mol. The average Bonchev–Trinajstić information content (AvgIpc) is 2.39. The van der Waals surface area contributed by atoms with Crippen molar-refractivity contribution in [1.29, 1.82) is 0 Å². The Morgan fingerprint density at radius 3 is 2.69 bits per heavy atom. The van der Waals surface area contributed by atoms with E-state index in [0.29, 0.717) is 0 Å². The van der Waals surface area contributed by atoms with Crippen LogP contribution in [0.4, 0.5) is 5.82 Å². The molecule has 1 aromatic carbocycles. The largest absolute Gasteiger partial charge is 1.00 e. The molecule has 0 radical (unpaired) electrons. The summed E-state index contributed by atoms with van der Waals surface area (Å²) >= 11 is 0. The summed E-state index contributed by atoms with van der Waals surface area (Å²) in [6, 6.07) is 10.6. The predicted molar refractivity (Wildman–Crippen MR) is 68.9 cm³/mol. The molecule has 1 saturated heterocycles. The number of pyridine rings is 1. The third-order valence-electron chi connectivity index (χ3n) is 3.31. The molecule has 0 bridgehead atoms. The second kappa shape index (κ2) is 4.12. The SMILES string of the molecule is [H+].c1ccc2c(N3CCCCC3)nccc2c1. The zero-order valence-electron chi connectivity index (χ0n) is 10.4. The van der Waals surface area contributed by atoms with Crippen molar-refractivity contribution in [3.05, 3.63) is 36.5 Å². The Morgan fingerprint density at radius 1 is 1.00 bits per heavy atom. The standard InChI is InChI=1S/C14H16N2/c1-4-10-16(11-5-1)14-13-7-3-2-6-12(13)8-9-15-14/h2-3,6-9H,1,4-5,10-11H2/p+1. The normalized spacial score (nSPS) is 16.6. The van der Waals surface area contributed by atoms with Crippen LogP contribution in [0.2, 0.25) is 0 Å². The molecule has 0 atom stereocenters. The Labute approximate surface area is 97.4 Å². The Hall–Kier alpha value is -1.57. The maximum Gasteiger partial charge on any atom is 1.00 e. The molecule has 2 aromatic rings. The van der Waals surface area contributed by atoms with E-state index in [1.807, 2.05) is 6.20 Å². The van der Waals surface area contributed by atoms with Gasteiger partial charge in [0.1, 0.15) is 5.82 Å². The van der Waals surface area contributed by atoms with Crippen LogP contribution < -0.4 is 4.90 Å². The minimum absolute atomic E-state index is 0. The molecule has 1 aliphatic rings. The van der Waals surface area contributed by atoms with E-state index in [1.165, 1.54) is 30.0 Å². The molecule has 0 saturated carbocycles. The molecule has 0 amide bonds. The second-order valence-electron chi connectivity index (χ2n) is 4.40. The lowest BCUT2D eigenvalue weighted by Gasteiger charge is -2.28. The van der Waals surface area contributed by atoms with Crippen LogP contribution in [0.15, 0.2) is 36.5 Å². The molecule has 0 N–H and O–H groups in total. The van der Waals surface area contributed by atoms with E-state index in [1.54, 1.807) is 0 Å². The number of aromatic nitrogens is 1. The number of fused-ring (bicyclic) bond motifs is 1. The quantitative estimate of drug-likeness (QED) is 0.722. The predicted octanol–water partition coefficient (Wildman–Crippen LogP) is 3.34. The highest BCUT2D eigenvalue weighted by atomic mass is 15.2. The van der Waals surface area contributed by atoms with E-state index in [0.717, 1.165) is 18.9 Å². The van der Waals surface area contributed by atoms with Crippen molar-refractivity contribution in [3.8, 4) is 0 Å². The van der Waals surface area contributed by atoms with E-state index >= 15 is 0 Å². The van der Waals surface area contributed by atoms with Crippen LogP contribution in [0.25, 0.3) is 10.8 Å². The van der Waals surface area contributed by atoms with Gasteiger partial charge in [0, 0.05) is 24.7 Å². The molecule has 0 aliphatic carbocycles. The van der Waals surface area contributed by atoms with Crippen molar-refractivity contribution in [2.75, 3.05) is 18.0 Å². The summed E-state index contributed by atoms with van der Waals surface area (Å²) < 4.78 is 0. The highest BCUT2D eigenvalue weighted by Crippen LogP contribution is 2.26. The zero-order valence-corrected chi connectivity index (χ0v) is 9.39. The third-order valence-corrected chi connectivity index (χ3v) is 3.31. The van der Waals surface area contributed by atoms with E-state index in [2.05, 4.69) is 40.2 Å². The van der Waals surface area contributed by atoms with Gasteiger partial charge in [0.05, 0.1) is 0 Å². The van der Waals surface area contributed by atoms with Gasteiger partial charge in [0.2, 0.25) is 0 Å². The average molecular weight is 213 g/mol. The van der Waals surface area contributed by atoms with E-state index < -0.39 is 0 Å². The lowest BCUT2D eigenvalue weighted by atomic mass is 10.1. The lowest BCUT2D eigenvalue weighted by Crippen LogP contribution is -2.30. The molecular weight excluding hydrogens is 196 g/mol. The minimum atomic E-state index is 0. The van der Waals surface area contributed by atoms with Gasteiger partial charge in [-0.1, -0.05) is 24.3 Å². The summed E-state index contributed by atoms with van der Waals surface area (Å²) in [4.78, 5) is 6.98. The maximum absolute atomic E-state index is 4.56. The first-order valence-electron chi connectivity index (χ1n) is 6.04. The first-order valence-corrected chi connectivity index (χ1v) is 6.04. The Bertz CT molecular complexity index is 487. The third kappa shape index (κ3) is 1.64. The summed E-state index contributed by atoms with van der Waals surface area (Å²) in [5.41, 5.74) is 0.